The molecular formula is C14H20N2O3. The van der Waals surface area contributed by atoms with E-state index < -0.39 is 4.92 Å². The summed E-state index contributed by atoms with van der Waals surface area (Å²) in [6.07, 6.45) is 4.68. The van der Waals surface area contributed by atoms with Crippen molar-refractivity contribution in [2.75, 3.05) is 11.9 Å². The van der Waals surface area contributed by atoms with Crippen molar-refractivity contribution in [3.8, 4) is 5.75 Å². The number of allylic oxidation sites excluding steroid dienone is 1. The number of hydrogen-bond donors (Lipinski definition) is 1. The van der Waals surface area contributed by atoms with Gasteiger partial charge in [0.2, 0.25) is 0 Å². The van der Waals surface area contributed by atoms with Crippen LogP contribution in [-0.4, -0.2) is 17.6 Å². The maximum Gasteiger partial charge on any atom is 0.333 e. The first-order valence-corrected chi connectivity index (χ1v) is 6.35. The van der Waals surface area contributed by atoms with Gasteiger partial charge in [0.15, 0.2) is 5.75 Å². The summed E-state index contributed by atoms with van der Waals surface area (Å²) in [5, 5.41) is 14.3. The molecule has 19 heavy (non-hydrogen) atoms. The third-order valence-electron chi connectivity index (χ3n) is 2.41. The molecule has 0 fully saturated rings. The van der Waals surface area contributed by atoms with E-state index in [2.05, 4.69) is 5.32 Å². The van der Waals surface area contributed by atoms with E-state index in [4.69, 9.17) is 4.74 Å². The highest BCUT2D eigenvalue weighted by atomic mass is 16.6. The number of nitrogens with zero attached hydrogens (tertiary/aromatic N) is 1. The van der Waals surface area contributed by atoms with E-state index in [-0.39, 0.29) is 11.8 Å². The van der Waals surface area contributed by atoms with E-state index in [9.17, 15) is 10.1 Å². The summed E-state index contributed by atoms with van der Waals surface area (Å²) in [4.78, 5) is 10.8. The molecule has 1 aromatic carbocycles. The van der Waals surface area contributed by atoms with Crippen LogP contribution in [0.3, 0.4) is 0 Å². The van der Waals surface area contributed by atoms with E-state index in [0.717, 1.165) is 6.42 Å². The Morgan fingerprint density at radius 3 is 2.79 bits per heavy atom. The number of rotatable bonds is 7. The second-order valence-electron chi connectivity index (χ2n) is 4.36. The Morgan fingerprint density at radius 2 is 2.21 bits per heavy atom. The normalized spacial score (nSPS) is 10.9. The molecule has 5 heteroatoms. The van der Waals surface area contributed by atoms with Crippen molar-refractivity contribution >= 4 is 11.4 Å². The zero-order chi connectivity index (χ0) is 14.3. The van der Waals surface area contributed by atoms with Gasteiger partial charge < -0.3 is 10.1 Å². The highest BCUT2D eigenvalue weighted by Gasteiger charge is 2.21. The van der Waals surface area contributed by atoms with E-state index in [0.29, 0.717) is 18.0 Å². The van der Waals surface area contributed by atoms with Crippen LogP contribution in [0.25, 0.3) is 0 Å². The lowest BCUT2D eigenvalue weighted by Gasteiger charge is -2.12. The van der Waals surface area contributed by atoms with Crippen LogP contribution in [-0.2, 0) is 0 Å². The SMILES string of the molecule is C/C=C/CCNc1cccc(OC(C)C)c1[N+](=O)[O-]. The lowest BCUT2D eigenvalue weighted by Crippen LogP contribution is -2.09. The van der Waals surface area contributed by atoms with Gasteiger partial charge in [-0.2, -0.15) is 0 Å². The third kappa shape index (κ3) is 4.62. The van der Waals surface area contributed by atoms with Gasteiger partial charge in [0.1, 0.15) is 5.69 Å². The zero-order valence-corrected chi connectivity index (χ0v) is 11.6. The molecule has 0 aliphatic rings. The van der Waals surface area contributed by atoms with E-state index in [1.54, 1.807) is 18.2 Å². The van der Waals surface area contributed by atoms with Gasteiger partial charge in [-0.25, -0.2) is 0 Å². The minimum absolute atomic E-state index is 0.00308. The maximum absolute atomic E-state index is 11.2. The maximum atomic E-state index is 11.2. The Bertz CT molecular complexity index is 456. The lowest BCUT2D eigenvalue weighted by molar-refractivity contribution is -0.385. The summed E-state index contributed by atoms with van der Waals surface area (Å²) in [5.41, 5.74) is 0.490. The molecule has 0 spiro atoms. The Hall–Kier alpha value is -2.04. The molecule has 0 aromatic heterocycles. The first-order valence-electron chi connectivity index (χ1n) is 6.35. The van der Waals surface area contributed by atoms with Crippen LogP contribution >= 0.6 is 0 Å². The lowest BCUT2D eigenvalue weighted by atomic mass is 10.2. The minimum Gasteiger partial charge on any atom is -0.484 e. The van der Waals surface area contributed by atoms with Gasteiger partial charge in [0.25, 0.3) is 0 Å². The molecular weight excluding hydrogens is 244 g/mol. The van der Waals surface area contributed by atoms with Crippen molar-refractivity contribution in [2.45, 2.75) is 33.3 Å². The average Bonchev–Trinajstić information content (AvgIpc) is 2.33. The molecule has 1 N–H and O–H groups in total. The highest BCUT2D eigenvalue weighted by molar-refractivity contribution is 5.68. The monoisotopic (exact) mass is 264 g/mol. The number of anilines is 1. The zero-order valence-electron chi connectivity index (χ0n) is 11.6. The Morgan fingerprint density at radius 1 is 1.47 bits per heavy atom. The average molecular weight is 264 g/mol. The van der Waals surface area contributed by atoms with Crippen LogP contribution in [0.2, 0.25) is 0 Å². The number of ether oxygens (including phenoxy) is 1. The number of nitro benzene ring substituents is 1. The smallest absolute Gasteiger partial charge is 0.333 e. The van der Waals surface area contributed by atoms with Crippen LogP contribution in [0.5, 0.6) is 5.75 Å². The summed E-state index contributed by atoms with van der Waals surface area (Å²) in [7, 11) is 0. The Labute approximate surface area is 113 Å². The summed E-state index contributed by atoms with van der Waals surface area (Å²) in [6.45, 7) is 6.28. The predicted octanol–water partition coefficient (Wildman–Crippen LogP) is 3.76. The molecule has 0 saturated heterocycles. The molecule has 0 bridgehead atoms. The summed E-state index contributed by atoms with van der Waals surface area (Å²) < 4.78 is 5.48. The predicted molar refractivity (Wildman–Crippen MR) is 76.8 cm³/mol. The number of hydrogen-bond acceptors (Lipinski definition) is 4. The summed E-state index contributed by atoms with van der Waals surface area (Å²) >= 11 is 0. The van der Waals surface area contributed by atoms with E-state index in [1.807, 2.05) is 32.9 Å². The quantitative estimate of drug-likeness (QED) is 0.352. The molecule has 1 aromatic rings. The number of nitrogens with one attached hydrogen (secondary N) is 1. The summed E-state index contributed by atoms with van der Waals surface area (Å²) in [6, 6.07) is 5.07. The van der Waals surface area contributed by atoms with Crippen LogP contribution in [0, 0.1) is 10.1 Å². The molecule has 104 valence electrons. The van der Waals surface area contributed by atoms with Gasteiger partial charge in [-0.3, -0.25) is 10.1 Å². The van der Waals surface area contributed by atoms with E-state index in [1.165, 1.54) is 0 Å². The fourth-order valence-corrected chi connectivity index (χ4v) is 1.66. The molecule has 0 aliphatic carbocycles. The first kappa shape index (κ1) is 15.0. The highest BCUT2D eigenvalue weighted by Crippen LogP contribution is 2.35. The van der Waals surface area contributed by atoms with Gasteiger partial charge in [-0.1, -0.05) is 18.2 Å². The van der Waals surface area contributed by atoms with Crippen molar-refractivity contribution in [3.05, 3.63) is 40.5 Å². The van der Waals surface area contributed by atoms with Crippen LogP contribution in [0.4, 0.5) is 11.4 Å². The number of para-hydroxylation sites is 1. The van der Waals surface area contributed by atoms with Crippen molar-refractivity contribution in [1.82, 2.24) is 0 Å². The largest absolute Gasteiger partial charge is 0.484 e. The molecule has 0 aliphatic heterocycles. The molecule has 0 unspecified atom stereocenters. The number of nitro groups is 1. The minimum atomic E-state index is -0.407. The molecule has 0 atom stereocenters. The van der Waals surface area contributed by atoms with Crippen LogP contribution in [0.15, 0.2) is 30.4 Å². The third-order valence-corrected chi connectivity index (χ3v) is 2.41. The molecule has 5 nitrogen and oxygen atoms in total. The van der Waals surface area contributed by atoms with Crippen LogP contribution < -0.4 is 10.1 Å². The molecule has 0 saturated carbocycles. The van der Waals surface area contributed by atoms with Crippen molar-refractivity contribution in [3.63, 3.8) is 0 Å². The second kappa shape index (κ2) is 7.41. The van der Waals surface area contributed by atoms with Gasteiger partial charge >= 0.3 is 5.69 Å². The second-order valence-corrected chi connectivity index (χ2v) is 4.36. The van der Waals surface area contributed by atoms with E-state index >= 15 is 0 Å². The van der Waals surface area contributed by atoms with Crippen molar-refractivity contribution < 1.29 is 9.66 Å². The Kier molecular flexibility index (Phi) is 5.85. The topological polar surface area (TPSA) is 64.4 Å². The molecule has 0 heterocycles. The fourth-order valence-electron chi connectivity index (χ4n) is 1.66. The van der Waals surface area contributed by atoms with Gasteiger partial charge in [0.05, 0.1) is 11.0 Å². The van der Waals surface area contributed by atoms with Crippen molar-refractivity contribution in [2.24, 2.45) is 0 Å². The Balaban J connectivity index is 2.93. The van der Waals surface area contributed by atoms with Gasteiger partial charge in [-0.15, -0.1) is 0 Å². The standard InChI is InChI=1S/C14H20N2O3/c1-4-5-6-10-15-12-8-7-9-13(19-11(2)3)14(12)16(17)18/h4-5,7-9,11,15H,6,10H2,1-3H3/b5-4+. The van der Waals surface area contributed by atoms with Gasteiger partial charge in [0, 0.05) is 6.54 Å². The fraction of sp³-hybridized carbons (Fsp3) is 0.429. The van der Waals surface area contributed by atoms with Crippen molar-refractivity contribution in [1.29, 1.82) is 0 Å². The number of benzene rings is 1. The molecule has 0 amide bonds. The summed E-state index contributed by atoms with van der Waals surface area (Å²) in [5.74, 6) is 0.302. The molecule has 1 rings (SSSR count). The first-order chi connectivity index (χ1) is 9.06. The van der Waals surface area contributed by atoms with Crippen LogP contribution in [0.1, 0.15) is 27.2 Å². The molecule has 0 radical (unpaired) electrons. The van der Waals surface area contributed by atoms with Gasteiger partial charge in [-0.05, 0) is 39.3 Å².